The van der Waals surface area contributed by atoms with Gasteiger partial charge in [0.25, 0.3) is 0 Å². The first-order valence-electron chi connectivity index (χ1n) is 3.75. The molecule has 0 radical (unpaired) electrons. The molecule has 2 nitrogen and oxygen atoms in total. The van der Waals surface area contributed by atoms with Gasteiger partial charge in [0.2, 0.25) is 0 Å². The van der Waals surface area contributed by atoms with E-state index in [4.69, 9.17) is 5.11 Å². The molecule has 0 amide bonds. The molecule has 0 aromatic rings. The van der Waals surface area contributed by atoms with Crippen LogP contribution in [0, 0.1) is 0 Å². The van der Waals surface area contributed by atoms with Crippen molar-refractivity contribution >= 4 is 5.97 Å². The lowest BCUT2D eigenvalue weighted by Gasteiger charge is -1.95. The average molecular weight is 154 g/mol. The average Bonchev–Trinajstić information content (AvgIpc) is 1.97. The minimum atomic E-state index is -0.815. The topological polar surface area (TPSA) is 37.3 Å². The van der Waals surface area contributed by atoms with Crippen molar-refractivity contribution < 1.29 is 9.90 Å². The molecule has 2 heteroatoms. The fourth-order valence-electron chi connectivity index (χ4n) is 0.749. The lowest BCUT2D eigenvalue weighted by molar-refractivity contribution is -0.132. The molecule has 0 aliphatic carbocycles. The van der Waals surface area contributed by atoms with Crippen LogP contribution in [0.25, 0.3) is 0 Å². The zero-order chi connectivity index (χ0) is 8.69. The van der Waals surface area contributed by atoms with Crippen LogP contribution >= 0.6 is 0 Å². The highest BCUT2D eigenvalue weighted by atomic mass is 16.4. The van der Waals surface area contributed by atoms with Gasteiger partial charge in [-0.05, 0) is 19.8 Å². The number of allylic oxidation sites excluding steroid dienone is 3. The summed E-state index contributed by atoms with van der Waals surface area (Å²) in [6.45, 7) is 3.81. The predicted octanol–water partition coefficient (Wildman–Crippen LogP) is 2.37. The van der Waals surface area contributed by atoms with Crippen molar-refractivity contribution in [2.45, 2.75) is 26.7 Å². The monoisotopic (exact) mass is 154 g/mol. The number of rotatable bonds is 4. The Morgan fingerprint density at radius 2 is 2.18 bits per heavy atom. The highest BCUT2D eigenvalue weighted by Gasteiger charge is 2.02. The van der Waals surface area contributed by atoms with Gasteiger partial charge in [-0.15, -0.1) is 0 Å². The van der Waals surface area contributed by atoms with E-state index in [1.54, 1.807) is 6.08 Å². The van der Waals surface area contributed by atoms with Crippen LogP contribution in [-0.2, 0) is 4.79 Å². The standard InChI is InChI=1S/C9H14O2/c1-3-5-7-8(6-4-2)9(10)11/h3,5-6H,4,7H2,1-2H3,(H,10,11)/b5-3+,8-6?. The molecule has 0 saturated heterocycles. The Bertz CT molecular complexity index is 178. The van der Waals surface area contributed by atoms with E-state index in [0.29, 0.717) is 12.0 Å². The van der Waals surface area contributed by atoms with Gasteiger partial charge >= 0.3 is 5.97 Å². The highest BCUT2D eigenvalue weighted by Crippen LogP contribution is 2.03. The van der Waals surface area contributed by atoms with Gasteiger partial charge in [0, 0.05) is 5.57 Å². The molecule has 0 aromatic carbocycles. The summed E-state index contributed by atoms with van der Waals surface area (Å²) in [5.41, 5.74) is 0.477. The number of carboxylic acids is 1. The van der Waals surface area contributed by atoms with Gasteiger partial charge in [-0.2, -0.15) is 0 Å². The van der Waals surface area contributed by atoms with Crippen LogP contribution in [0.4, 0.5) is 0 Å². The van der Waals surface area contributed by atoms with E-state index in [9.17, 15) is 4.79 Å². The van der Waals surface area contributed by atoms with Crippen LogP contribution in [-0.4, -0.2) is 11.1 Å². The van der Waals surface area contributed by atoms with Gasteiger partial charge in [-0.1, -0.05) is 25.2 Å². The van der Waals surface area contributed by atoms with Crippen LogP contribution in [0.1, 0.15) is 26.7 Å². The summed E-state index contributed by atoms with van der Waals surface area (Å²) >= 11 is 0. The molecule has 0 aliphatic heterocycles. The maximum absolute atomic E-state index is 10.5. The molecule has 0 aliphatic rings. The van der Waals surface area contributed by atoms with Gasteiger partial charge in [-0.3, -0.25) is 0 Å². The van der Waals surface area contributed by atoms with Gasteiger partial charge in [-0.25, -0.2) is 4.79 Å². The van der Waals surface area contributed by atoms with Crippen LogP contribution in [0.5, 0.6) is 0 Å². The molecular formula is C9H14O2. The summed E-state index contributed by atoms with van der Waals surface area (Å²) < 4.78 is 0. The third-order valence-electron chi connectivity index (χ3n) is 1.30. The van der Waals surface area contributed by atoms with E-state index in [1.165, 1.54) is 0 Å². The number of carboxylic acid groups (broad SMARTS) is 1. The Kier molecular flexibility index (Phi) is 5.17. The summed E-state index contributed by atoms with van der Waals surface area (Å²) in [6.07, 6.45) is 6.74. The number of aliphatic carboxylic acids is 1. The van der Waals surface area contributed by atoms with E-state index in [-0.39, 0.29) is 0 Å². The van der Waals surface area contributed by atoms with Gasteiger partial charge < -0.3 is 5.11 Å². The van der Waals surface area contributed by atoms with Crippen molar-refractivity contribution in [2.24, 2.45) is 0 Å². The lowest BCUT2D eigenvalue weighted by atomic mass is 10.1. The Labute approximate surface area is 67.2 Å². The Morgan fingerprint density at radius 1 is 1.55 bits per heavy atom. The van der Waals surface area contributed by atoms with Crippen LogP contribution in [0.2, 0.25) is 0 Å². The third-order valence-corrected chi connectivity index (χ3v) is 1.30. The minimum absolute atomic E-state index is 0.477. The molecule has 0 spiro atoms. The van der Waals surface area contributed by atoms with Crippen LogP contribution in [0.15, 0.2) is 23.8 Å². The van der Waals surface area contributed by atoms with Crippen molar-refractivity contribution in [3.63, 3.8) is 0 Å². The summed E-state index contributed by atoms with van der Waals surface area (Å²) in [7, 11) is 0. The SMILES string of the molecule is C/C=C/CC(=CCC)C(=O)O. The van der Waals surface area contributed by atoms with Crippen molar-refractivity contribution in [1.82, 2.24) is 0 Å². The number of hydrogen-bond donors (Lipinski definition) is 1. The Hall–Kier alpha value is -1.05. The molecule has 62 valence electrons. The molecule has 0 bridgehead atoms. The van der Waals surface area contributed by atoms with Crippen LogP contribution < -0.4 is 0 Å². The number of carbonyl (C=O) groups is 1. The molecule has 0 heterocycles. The predicted molar refractivity (Wildman–Crippen MR) is 45.4 cm³/mol. The summed E-state index contributed by atoms with van der Waals surface area (Å²) in [6, 6.07) is 0. The molecule has 0 fully saturated rings. The summed E-state index contributed by atoms with van der Waals surface area (Å²) in [5.74, 6) is -0.815. The van der Waals surface area contributed by atoms with Crippen LogP contribution in [0.3, 0.4) is 0 Å². The maximum atomic E-state index is 10.5. The van der Waals surface area contributed by atoms with E-state index in [0.717, 1.165) is 6.42 Å². The van der Waals surface area contributed by atoms with E-state index >= 15 is 0 Å². The maximum Gasteiger partial charge on any atom is 0.331 e. The van der Waals surface area contributed by atoms with Crippen molar-refractivity contribution in [2.75, 3.05) is 0 Å². The fraction of sp³-hybridized carbons (Fsp3) is 0.444. The molecule has 1 N–H and O–H groups in total. The summed E-state index contributed by atoms with van der Waals surface area (Å²) in [4.78, 5) is 10.5. The molecule has 0 rings (SSSR count). The van der Waals surface area contributed by atoms with E-state index in [2.05, 4.69) is 0 Å². The second-order valence-corrected chi connectivity index (χ2v) is 2.22. The van der Waals surface area contributed by atoms with Crippen molar-refractivity contribution in [3.8, 4) is 0 Å². The van der Waals surface area contributed by atoms with Gasteiger partial charge in [0.05, 0.1) is 0 Å². The lowest BCUT2D eigenvalue weighted by Crippen LogP contribution is -1.98. The second-order valence-electron chi connectivity index (χ2n) is 2.22. The summed E-state index contributed by atoms with van der Waals surface area (Å²) in [5, 5.41) is 8.63. The van der Waals surface area contributed by atoms with Crippen molar-refractivity contribution in [3.05, 3.63) is 23.8 Å². The molecule has 0 aromatic heterocycles. The first-order chi connectivity index (χ1) is 5.22. The smallest absolute Gasteiger partial charge is 0.331 e. The normalized spacial score (nSPS) is 12.4. The highest BCUT2D eigenvalue weighted by molar-refractivity contribution is 5.86. The largest absolute Gasteiger partial charge is 0.478 e. The van der Waals surface area contributed by atoms with E-state index in [1.807, 2.05) is 26.0 Å². The fourth-order valence-corrected chi connectivity index (χ4v) is 0.749. The molecule has 0 atom stereocenters. The molecule has 0 unspecified atom stereocenters. The molecular weight excluding hydrogens is 140 g/mol. The van der Waals surface area contributed by atoms with Gasteiger partial charge in [0.15, 0.2) is 0 Å². The Balaban J connectivity index is 4.12. The Morgan fingerprint density at radius 3 is 2.55 bits per heavy atom. The molecule has 11 heavy (non-hydrogen) atoms. The van der Waals surface area contributed by atoms with E-state index < -0.39 is 5.97 Å². The zero-order valence-electron chi connectivity index (χ0n) is 7.00. The quantitative estimate of drug-likeness (QED) is 0.498. The minimum Gasteiger partial charge on any atom is -0.478 e. The second kappa shape index (κ2) is 5.71. The third kappa shape index (κ3) is 4.37. The first kappa shape index (κ1) is 9.95. The van der Waals surface area contributed by atoms with Crippen molar-refractivity contribution in [1.29, 1.82) is 0 Å². The first-order valence-corrected chi connectivity index (χ1v) is 3.75. The number of hydrogen-bond acceptors (Lipinski definition) is 1. The van der Waals surface area contributed by atoms with Gasteiger partial charge in [0.1, 0.15) is 0 Å². The molecule has 0 saturated carbocycles. The zero-order valence-corrected chi connectivity index (χ0v) is 7.00.